The summed E-state index contributed by atoms with van der Waals surface area (Å²) in [6.07, 6.45) is 2.38. The number of esters is 1. The zero-order chi connectivity index (χ0) is 8.27. The van der Waals surface area contributed by atoms with Crippen LogP contribution in [0.1, 0.15) is 19.8 Å². The molecule has 1 atom stereocenters. The number of ether oxygens (including phenoxy) is 1. The summed E-state index contributed by atoms with van der Waals surface area (Å²) in [7, 11) is 0. The van der Waals surface area contributed by atoms with Gasteiger partial charge in [-0.05, 0) is 25.7 Å². The van der Waals surface area contributed by atoms with Crippen LogP contribution in [0.5, 0.6) is 0 Å². The van der Waals surface area contributed by atoms with E-state index in [1.807, 2.05) is 6.92 Å². The average molecular weight is 221 g/mol. The highest BCUT2D eigenvalue weighted by molar-refractivity contribution is 9.09. The molecule has 11 heavy (non-hydrogen) atoms. The maximum absolute atomic E-state index is 11.2. The summed E-state index contributed by atoms with van der Waals surface area (Å²) in [5.41, 5.74) is 0. The summed E-state index contributed by atoms with van der Waals surface area (Å²) in [4.78, 5) is 11.2. The molecule has 3 heteroatoms. The van der Waals surface area contributed by atoms with Crippen molar-refractivity contribution in [3.05, 3.63) is 0 Å². The van der Waals surface area contributed by atoms with Gasteiger partial charge in [0.05, 0.1) is 12.5 Å². The molecule has 0 bridgehead atoms. The first-order chi connectivity index (χ1) is 5.29. The molecule has 0 aromatic heterocycles. The summed E-state index contributed by atoms with van der Waals surface area (Å²) in [6, 6.07) is 0. The second-order valence-corrected chi connectivity index (χ2v) is 3.50. The number of hydrogen-bond donors (Lipinski definition) is 0. The standard InChI is InChI=1S/C8H13BrO2/c1-2-11-8(10)7(5-9)6-3-4-6/h6-7H,2-5H2,1H3. The molecule has 1 fully saturated rings. The van der Waals surface area contributed by atoms with E-state index in [1.165, 1.54) is 12.8 Å². The summed E-state index contributed by atoms with van der Waals surface area (Å²) < 4.78 is 4.93. The molecular formula is C8H13BrO2. The Hall–Kier alpha value is -0.0500. The van der Waals surface area contributed by atoms with E-state index in [2.05, 4.69) is 15.9 Å². The molecule has 0 radical (unpaired) electrons. The predicted octanol–water partition coefficient (Wildman–Crippen LogP) is 1.97. The Kier molecular flexibility index (Phi) is 3.37. The lowest BCUT2D eigenvalue weighted by molar-refractivity contribution is -0.147. The molecule has 0 aliphatic heterocycles. The van der Waals surface area contributed by atoms with Crippen LogP contribution in [-0.2, 0) is 9.53 Å². The van der Waals surface area contributed by atoms with Gasteiger partial charge in [-0.2, -0.15) is 0 Å². The van der Waals surface area contributed by atoms with Crippen molar-refractivity contribution in [1.82, 2.24) is 0 Å². The monoisotopic (exact) mass is 220 g/mol. The topological polar surface area (TPSA) is 26.3 Å². The van der Waals surface area contributed by atoms with Gasteiger partial charge in [-0.1, -0.05) is 15.9 Å². The van der Waals surface area contributed by atoms with E-state index >= 15 is 0 Å². The molecule has 0 N–H and O–H groups in total. The number of alkyl halides is 1. The van der Waals surface area contributed by atoms with E-state index in [1.54, 1.807) is 0 Å². The van der Waals surface area contributed by atoms with Gasteiger partial charge in [0.2, 0.25) is 0 Å². The number of hydrogen-bond acceptors (Lipinski definition) is 2. The number of carbonyl (C=O) groups excluding carboxylic acids is 1. The van der Waals surface area contributed by atoms with Gasteiger partial charge in [0.1, 0.15) is 0 Å². The third-order valence-corrected chi connectivity index (χ3v) is 2.64. The van der Waals surface area contributed by atoms with Crippen LogP contribution >= 0.6 is 15.9 Å². The van der Waals surface area contributed by atoms with Crippen LogP contribution in [0.25, 0.3) is 0 Å². The molecule has 0 aromatic carbocycles. The number of carbonyl (C=O) groups is 1. The minimum absolute atomic E-state index is 0.0353. The molecule has 0 saturated heterocycles. The van der Waals surface area contributed by atoms with Crippen LogP contribution < -0.4 is 0 Å². The molecule has 2 nitrogen and oxygen atoms in total. The number of rotatable bonds is 4. The molecule has 1 aliphatic carbocycles. The highest BCUT2D eigenvalue weighted by Gasteiger charge is 2.36. The Morgan fingerprint density at radius 1 is 1.73 bits per heavy atom. The van der Waals surface area contributed by atoms with Gasteiger partial charge in [-0.25, -0.2) is 0 Å². The Morgan fingerprint density at radius 2 is 2.36 bits per heavy atom. The minimum Gasteiger partial charge on any atom is -0.466 e. The minimum atomic E-state index is -0.0353. The van der Waals surface area contributed by atoms with Crippen LogP contribution in [0.2, 0.25) is 0 Å². The van der Waals surface area contributed by atoms with Crippen molar-refractivity contribution in [3.8, 4) is 0 Å². The Balaban J connectivity index is 2.33. The predicted molar refractivity (Wildman–Crippen MR) is 46.6 cm³/mol. The van der Waals surface area contributed by atoms with Gasteiger partial charge in [0, 0.05) is 5.33 Å². The van der Waals surface area contributed by atoms with Gasteiger partial charge in [0.25, 0.3) is 0 Å². The quantitative estimate of drug-likeness (QED) is 0.535. The van der Waals surface area contributed by atoms with Gasteiger partial charge >= 0.3 is 5.97 Å². The normalized spacial score (nSPS) is 19.5. The molecule has 1 saturated carbocycles. The zero-order valence-electron chi connectivity index (χ0n) is 6.68. The molecule has 0 heterocycles. The smallest absolute Gasteiger partial charge is 0.310 e. The van der Waals surface area contributed by atoms with Crippen molar-refractivity contribution in [2.24, 2.45) is 11.8 Å². The van der Waals surface area contributed by atoms with Crippen molar-refractivity contribution in [1.29, 1.82) is 0 Å². The van der Waals surface area contributed by atoms with E-state index in [9.17, 15) is 4.79 Å². The van der Waals surface area contributed by atoms with Crippen LogP contribution in [-0.4, -0.2) is 17.9 Å². The fourth-order valence-corrected chi connectivity index (χ4v) is 1.92. The van der Waals surface area contributed by atoms with Crippen LogP contribution in [0.15, 0.2) is 0 Å². The van der Waals surface area contributed by atoms with Crippen molar-refractivity contribution >= 4 is 21.9 Å². The lowest BCUT2D eigenvalue weighted by Crippen LogP contribution is -2.20. The molecule has 0 aromatic rings. The molecule has 0 amide bonds. The van der Waals surface area contributed by atoms with E-state index in [-0.39, 0.29) is 11.9 Å². The summed E-state index contributed by atoms with van der Waals surface area (Å²) in [5.74, 6) is 0.662. The van der Waals surface area contributed by atoms with Gasteiger partial charge in [0.15, 0.2) is 0 Å². The molecule has 0 spiro atoms. The number of halogens is 1. The fourth-order valence-electron chi connectivity index (χ4n) is 1.13. The van der Waals surface area contributed by atoms with Crippen molar-refractivity contribution in [3.63, 3.8) is 0 Å². The fraction of sp³-hybridized carbons (Fsp3) is 0.875. The van der Waals surface area contributed by atoms with E-state index in [0.717, 1.165) is 5.33 Å². The van der Waals surface area contributed by atoms with Crippen molar-refractivity contribution in [2.75, 3.05) is 11.9 Å². The highest BCUT2D eigenvalue weighted by Crippen LogP contribution is 2.38. The molecule has 1 rings (SSSR count). The van der Waals surface area contributed by atoms with E-state index < -0.39 is 0 Å². The van der Waals surface area contributed by atoms with Gasteiger partial charge < -0.3 is 4.74 Å². The van der Waals surface area contributed by atoms with Crippen LogP contribution in [0, 0.1) is 11.8 Å². The summed E-state index contributed by atoms with van der Waals surface area (Å²) in [5, 5.41) is 0.747. The Bertz CT molecular complexity index is 143. The lowest BCUT2D eigenvalue weighted by atomic mass is 10.1. The van der Waals surface area contributed by atoms with E-state index in [0.29, 0.717) is 12.5 Å². The molecule has 1 aliphatic rings. The molecule has 64 valence electrons. The third kappa shape index (κ3) is 2.47. The van der Waals surface area contributed by atoms with E-state index in [4.69, 9.17) is 4.74 Å². The first-order valence-electron chi connectivity index (χ1n) is 4.02. The average Bonchev–Trinajstić information content (AvgIpc) is 2.73. The lowest BCUT2D eigenvalue weighted by Gasteiger charge is -2.10. The van der Waals surface area contributed by atoms with Crippen molar-refractivity contribution in [2.45, 2.75) is 19.8 Å². The Labute approximate surface area is 75.4 Å². The Morgan fingerprint density at radius 3 is 2.73 bits per heavy atom. The summed E-state index contributed by atoms with van der Waals surface area (Å²) >= 11 is 3.33. The van der Waals surface area contributed by atoms with Crippen molar-refractivity contribution < 1.29 is 9.53 Å². The molecule has 1 unspecified atom stereocenters. The SMILES string of the molecule is CCOC(=O)C(CBr)C1CC1. The second-order valence-electron chi connectivity index (χ2n) is 2.85. The zero-order valence-corrected chi connectivity index (χ0v) is 8.26. The maximum Gasteiger partial charge on any atom is 0.310 e. The highest BCUT2D eigenvalue weighted by atomic mass is 79.9. The molecular weight excluding hydrogens is 208 g/mol. The summed E-state index contributed by atoms with van der Waals surface area (Å²) in [6.45, 7) is 2.34. The third-order valence-electron chi connectivity index (χ3n) is 1.95. The largest absolute Gasteiger partial charge is 0.466 e. The maximum atomic E-state index is 11.2. The van der Waals surface area contributed by atoms with Gasteiger partial charge in [-0.3, -0.25) is 4.79 Å². The second kappa shape index (κ2) is 4.10. The first kappa shape index (κ1) is 9.04. The van der Waals surface area contributed by atoms with Crippen LogP contribution in [0.4, 0.5) is 0 Å². The first-order valence-corrected chi connectivity index (χ1v) is 5.14. The van der Waals surface area contributed by atoms with Gasteiger partial charge in [-0.15, -0.1) is 0 Å². The van der Waals surface area contributed by atoms with Crippen LogP contribution in [0.3, 0.4) is 0 Å².